The lowest BCUT2D eigenvalue weighted by Gasteiger charge is -2.26. The Labute approximate surface area is 148 Å². The maximum absolute atomic E-state index is 5.90. The van der Waals surface area contributed by atoms with Crippen molar-refractivity contribution in [1.29, 1.82) is 0 Å². The third kappa shape index (κ3) is 4.57. The molecule has 0 aliphatic carbocycles. The first-order chi connectivity index (χ1) is 12.0. The van der Waals surface area contributed by atoms with Crippen LogP contribution in [0, 0.1) is 12.8 Å². The Bertz CT molecular complexity index is 728. The summed E-state index contributed by atoms with van der Waals surface area (Å²) < 4.78 is 5.40. The summed E-state index contributed by atoms with van der Waals surface area (Å²) in [6.45, 7) is 7.43. The van der Waals surface area contributed by atoms with Gasteiger partial charge in [0.05, 0.1) is 25.9 Å². The number of likely N-dealkylation sites (tertiary alicyclic amines) is 1. The average Bonchev–Trinajstić information content (AvgIpc) is 2.57. The normalized spacial score (nSPS) is 20.3. The van der Waals surface area contributed by atoms with Crippen molar-refractivity contribution < 1.29 is 9.64 Å². The highest BCUT2D eigenvalue weighted by molar-refractivity contribution is 5.63. The summed E-state index contributed by atoms with van der Waals surface area (Å²) in [5, 5.41) is 3.21. The molecule has 7 heteroatoms. The molecule has 1 aliphatic rings. The molecule has 0 spiro atoms. The second-order valence-corrected chi connectivity index (χ2v) is 6.87. The van der Waals surface area contributed by atoms with Gasteiger partial charge in [-0.25, -0.2) is 0 Å². The van der Waals surface area contributed by atoms with E-state index >= 15 is 0 Å². The van der Waals surface area contributed by atoms with Gasteiger partial charge >= 0.3 is 0 Å². The van der Waals surface area contributed by atoms with Crippen molar-refractivity contribution in [3.8, 4) is 5.75 Å². The van der Waals surface area contributed by atoms with E-state index < -0.39 is 0 Å². The van der Waals surface area contributed by atoms with E-state index in [1.165, 1.54) is 17.7 Å². The quantitative estimate of drug-likeness (QED) is 0.759. The van der Waals surface area contributed by atoms with Gasteiger partial charge in [-0.2, -0.15) is 15.0 Å². The van der Waals surface area contributed by atoms with Gasteiger partial charge in [-0.1, -0.05) is 13.0 Å². The monoisotopic (exact) mass is 343 g/mol. The molecule has 0 unspecified atom stereocenters. The molecule has 0 saturated carbocycles. The van der Waals surface area contributed by atoms with E-state index in [2.05, 4.69) is 27.2 Å². The van der Waals surface area contributed by atoms with Gasteiger partial charge in [0.1, 0.15) is 12.3 Å². The smallest absolute Gasteiger partial charge is 0.232 e. The van der Waals surface area contributed by atoms with Crippen molar-refractivity contribution in [2.75, 3.05) is 31.2 Å². The Morgan fingerprint density at radius 3 is 2.72 bits per heavy atom. The highest BCUT2D eigenvalue weighted by Crippen LogP contribution is 2.27. The zero-order valence-corrected chi connectivity index (χ0v) is 15.2. The molecule has 4 N–H and O–H groups in total. The van der Waals surface area contributed by atoms with Crippen LogP contribution in [-0.2, 0) is 6.54 Å². The van der Waals surface area contributed by atoms with Gasteiger partial charge in [0.25, 0.3) is 0 Å². The predicted molar refractivity (Wildman–Crippen MR) is 98.1 cm³/mol. The van der Waals surface area contributed by atoms with Crippen LogP contribution < -0.4 is 20.7 Å². The number of hydrogen-bond acceptors (Lipinski definition) is 6. The fourth-order valence-electron chi connectivity index (χ4n) is 3.18. The first kappa shape index (κ1) is 17.4. The van der Waals surface area contributed by atoms with Gasteiger partial charge in [0, 0.05) is 0 Å². The van der Waals surface area contributed by atoms with Crippen LogP contribution in [0.4, 0.5) is 17.6 Å². The molecule has 0 bridgehead atoms. The Morgan fingerprint density at radius 2 is 2.00 bits per heavy atom. The molecule has 25 heavy (non-hydrogen) atoms. The van der Waals surface area contributed by atoms with Crippen molar-refractivity contribution in [1.82, 2.24) is 15.0 Å². The van der Waals surface area contributed by atoms with Crippen LogP contribution in [-0.4, -0.2) is 35.2 Å². The van der Waals surface area contributed by atoms with Crippen molar-refractivity contribution in [3.05, 3.63) is 29.6 Å². The maximum atomic E-state index is 5.90. The van der Waals surface area contributed by atoms with Crippen LogP contribution in [0.1, 0.15) is 31.2 Å². The highest BCUT2D eigenvalue weighted by atomic mass is 16.5. The number of hydrogen-bond donors (Lipinski definition) is 3. The van der Waals surface area contributed by atoms with Crippen LogP contribution >= 0.6 is 0 Å². The first-order valence-corrected chi connectivity index (χ1v) is 8.79. The number of methoxy groups -OCH3 is 1. The molecule has 2 aromatic rings. The van der Waals surface area contributed by atoms with E-state index in [0.717, 1.165) is 48.4 Å². The fourth-order valence-corrected chi connectivity index (χ4v) is 3.18. The summed E-state index contributed by atoms with van der Waals surface area (Å²) in [6.07, 6.45) is 2.50. The fraction of sp³-hybridized carbons (Fsp3) is 0.500. The average molecular weight is 343 g/mol. The first-order valence-electron chi connectivity index (χ1n) is 8.79. The number of ether oxygens (including phenoxy) is 1. The standard InChI is InChI=1S/C18H26N6O/c1-12-6-8-24(9-7-12)11-16-21-17(19)23-18(22-16)20-14-10-13(2)4-5-15(14)25-3/h4-5,10,12H,6-9,11H2,1-3H3,(H3,19,20,21,22,23)/p+1. The molecule has 0 radical (unpaired) electrons. The zero-order valence-electron chi connectivity index (χ0n) is 15.2. The van der Waals surface area contributed by atoms with Crippen molar-refractivity contribution in [2.45, 2.75) is 33.2 Å². The predicted octanol–water partition coefficient (Wildman–Crippen LogP) is 1.33. The second kappa shape index (κ2) is 7.65. The number of nitrogens with two attached hydrogens (primary N) is 1. The Kier molecular flexibility index (Phi) is 5.33. The summed E-state index contributed by atoms with van der Waals surface area (Å²) in [5.41, 5.74) is 7.84. The molecule has 0 atom stereocenters. The minimum atomic E-state index is 0.240. The topological polar surface area (TPSA) is 90.4 Å². The number of rotatable bonds is 5. The summed E-state index contributed by atoms with van der Waals surface area (Å²) in [5.74, 6) is 2.98. The number of aromatic nitrogens is 3. The molecule has 134 valence electrons. The third-order valence-corrected chi connectivity index (χ3v) is 4.69. The largest absolute Gasteiger partial charge is 0.495 e. The molecule has 2 heterocycles. The van der Waals surface area contributed by atoms with E-state index in [1.807, 2.05) is 25.1 Å². The molecule has 1 aromatic heterocycles. The minimum Gasteiger partial charge on any atom is -0.495 e. The van der Waals surface area contributed by atoms with Gasteiger partial charge in [0.15, 0.2) is 5.82 Å². The van der Waals surface area contributed by atoms with E-state index in [-0.39, 0.29) is 5.95 Å². The second-order valence-electron chi connectivity index (χ2n) is 6.87. The molecule has 0 amide bonds. The number of benzene rings is 1. The molecule has 3 rings (SSSR count). The van der Waals surface area contributed by atoms with Crippen molar-refractivity contribution in [3.63, 3.8) is 0 Å². The van der Waals surface area contributed by atoms with Gasteiger partial charge in [-0.05, 0) is 43.4 Å². The molecular formula is C18H27N6O+. The number of piperidine rings is 1. The van der Waals surface area contributed by atoms with Crippen molar-refractivity contribution >= 4 is 17.6 Å². The SMILES string of the molecule is COc1ccc(C)cc1Nc1nc(N)nc(C[NH+]2CCC(C)CC2)n1. The Balaban J connectivity index is 1.76. The van der Waals surface area contributed by atoms with E-state index in [4.69, 9.17) is 10.5 Å². The van der Waals surface area contributed by atoms with Gasteiger partial charge in [-0.3, -0.25) is 0 Å². The third-order valence-electron chi connectivity index (χ3n) is 4.69. The number of nitrogen functional groups attached to an aromatic ring is 1. The van der Waals surface area contributed by atoms with E-state index in [0.29, 0.717) is 5.95 Å². The zero-order chi connectivity index (χ0) is 17.8. The minimum absolute atomic E-state index is 0.240. The summed E-state index contributed by atoms with van der Waals surface area (Å²) in [7, 11) is 1.64. The number of quaternary nitrogens is 1. The molecular weight excluding hydrogens is 316 g/mol. The van der Waals surface area contributed by atoms with Gasteiger partial charge < -0.3 is 20.7 Å². The van der Waals surface area contributed by atoms with Crippen LogP contribution in [0.3, 0.4) is 0 Å². The maximum Gasteiger partial charge on any atom is 0.232 e. The lowest BCUT2D eigenvalue weighted by atomic mass is 9.99. The molecule has 1 aliphatic heterocycles. The van der Waals surface area contributed by atoms with Crippen molar-refractivity contribution in [2.24, 2.45) is 5.92 Å². The molecule has 1 fully saturated rings. The molecule has 1 aromatic carbocycles. The van der Waals surface area contributed by atoms with Crippen LogP contribution in [0.2, 0.25) is 0 Å². The van der Waals surface area contributed by atoms with Crippen LogP contribution in [0.15, 0.2) is 18.2 Å². The summed E-state index contributed by atoms with van der Waals surface area (Å²) >= 11 is 0. The van der Waals surface area contributed by atoms with Gasteiger partial charge in [-0.15, -0.1) is 0 Å². The van der Waals surface area contributed by atoms with Gasteiger partial charge in [0.2, 0.25) is 11.9 Å². The highest BCUT2D eigenvalue weighted by Gasteiger charge is 2.20. The Hall–Kier alpha value is -2.41. The lowest BCUT2D eigenvalue weighted by molar-refractivity contribution is -0.920. The van der Waals surface area contributed by atoms with E-state index in [1.54, 1.807) is 7.11 Å². The number of aryl methyl sites for hydroxylation is 1. The number of anilines is 3. The lowest BCUT2D eigenvalue weighted by Crippen LogP contribution is -3.11. The van der Waals surface area contributed by atoms with Crippen LogP contribution in [0.5, 0.6) is 5.75 Å². The molecule has 1 saturated heterocycles. The number of nitrogens with one attached hydrogen (secondary N) is 2. The summed E-state index contributed by atoms with van der Waals surface area (Å²) in [6, 6.07) is 5.91. The summed E-state index contributed by atoms with van der Waals surface area (Å²) in [4.78, 5) is 14.6. The molecule has 7 nitrogen and oxygen atoms in total. The number of nitrogens with zero attached hydrogens (tertiary/aromatic N) is 3. The van der Waals surface area contributed by atoms with E-state index in [9.17, 15) is 0 Å². The van der Waals surface area contributed by atoms with Crippen LogP contribution in [0.25, 0.3) is 0 Å². The Morgan fingerprint density at radius 1 is 1.24 bits per heavy atom.